The number of amides is 2. The molecule has 1 fully saturated rings. The zero-order valence-corrected chi connectivity index (χ0v) is 15.1. The number of aryl methyl sites for hydroxylation is 1. The second-order valence-electron chi connectivity index (χ2n) is 6.23. The molecule has 1 saturated heterocycles. The summed E-state index contributed by atoms with van der Waals surface area (Å²) in [4.78, 5) is 24.6. The maximum atomic E-state index is 12.4. The fraction of sp³-hybridized carbons (Fsp3) is 0.529. The molecule has 3 heterocycles. The van der Waals surface area contributed by atoms with Gasteiger partial charge in [-0.1, -0.05) is 11.2 Å². The molecule has 1 unspecified atom stereocenters. The van der Waals surface area contributed by atoms with E-state index in [0.29, 0.717) is 31.5 Å². The molecule has 2 aromatic rings. The van der Waals surface area contributed by atoms with Crippen LogP contribution >= 0.6 is 0 Å². The third-order valence-electron chi connectivity index (χ3n) is 4.29. The molecule has 1 N–H and O–H groups in total. The largest absolute Gasteiger partial charge is 0.379 e. The number of rotatable bonds is 6. The van der Waals surface area contributed by atoms with Crippen LogP contribution in [-0.4, -0.2) is 70.9 Å². The van der Waals surface area contributed by atoms with Crippen LogP contribution in [0, 0.1) is 6.92 Å². The minimum atomic E-state index is -0.192. The van der Waals surface area contributed by atoms with Crippen LogP contribution in [0.25, 0.3) is 0 Å². The molecule has 2 amide bonds. The van der Waals surface area contributed by atoms with Gasteiger partial charge < -0.3 is 19.5 Å². The van der Waals surface area contributed by atoms with Gasteiger partial charge in [-0.25, -0.2) is 4.79 Å². The molecule has 0 radical (unpaired) electrons. The van der Waals surface area contributed by atoms with Crippen LogP contribution in [0.4, 0.5) is 4.79 Å². The Hall–Kier alpha value is -2.52. The molecule has 26 heavy (non-hydrogen) atoms. The maximum absolute atomic E-state index is 12.4. The first-order valence-corrected chi connectivity index (χ1v) is 8.63. The van der Waals surface area contributed by atoms with Crippen LogP contribution in [0.15, 0.2) is 29.0 Å². The van der Waals surface area contributed by atoms with E-state index in [9.17, 15) is 4.79 Å². The summed E-state index contributed by atoms with van der Waals surface area (Å²) in [5, 5.41) is 6.73. The number of morpholine rings is 1. The molecule has 1 aliphatic rings. The van der Waals surface area contributed by atoms with Gasteiger partial charge in [0, 0.05) is 39.1 Å². The zero-order chi connectivity index (χ0) is 18.4. The van der Waals surface area contributed by atoms with E-state index >= 15 is 0 Å². The molecular formula is C17H24N6O3. The van der Waals surface area contributed by atoms with E-state index in [4.69, 9.17) is 9.26 Å². The number of pyridine rings is 1. The van der Waals surface area contributed by atoms with Crippen LogP contribution in [0.3, 0.4) is 0 Å². The predicted molar refractivity (Wildman–Crippen MR) is 93.3 cm³/mol. The summed E-state index contributed by atoms with van der Waals surface area (Å²) in [6, 6.07) is 3.80. The van der Waals surface area contributed by atoms with E-state index in [1.165, 1.54) is 4.90 Å². The minimum absolute atomic E-state index is 0.0515. The van der Waals surface area contributed by atoms with E-state index < -0.39 is 0 Å². The van der Waals surface area contributed by atoms with Crippen LogP contribution < -0.4 is 5.32 Å². The molecule has 9 heteroatoms. The molecule has 0 bridgehead atoms. The summed E-state index contributed by atoms with van der Waals surface area (Å²) < 4.78 is 10.5. The van der Waals surface area contributed by atoms with Gasteiger partial charge >= 0.3 is 6.03 Å². The molecule has 0 aromatic carbocycles. The summed E-state index contributed by atoms with van der Waals surface area (Å²) in [5.74, 6) is 0.968. The van der Waals surface area contributed by atoms with Crippen molar-refractivity contribution in [1.29, 1.82) is 0 Å². The number of ether oxygens (including phenoxy) is 1. The highest BCUT2D eigenvalue weighted by atomic mass is 16.5. The first kappa shape index (κ1) is 18.3. The lowest BCUT2D eigenvalue weighted by molar-refractivity contribution is 0.0164. The highest BCUT2D eigenvalue weighted by Crippen LogP contribution is 2.20. The van der Waals surface area contributed by atoms with Gasteiger partial charge in [0.15, 0.2) is 5.82 Å². The van der Waals surface area contributed by atoms with Gasteiger partial charge in [-0.3, -0.25) is 9.88 Å². The van der Waals surface area contributed by atoms with Gasteiger partial charge in [0.2, 0.25) is 5.89 Å². The Morgan fingerprint density at radius 2 is 2.23 bits per heavy atom. The van der Waals surface area contributed by atoms with Crippen molar-refractivity contribution < 1.29 is 14.1 Å². The first-order valence-electron chi connectivity index (χ1n) is 8.63. The van der Waals surface area contributed by atoms with E-state index in [0.717, 1.165) is 18.7 Å². The monoisotopic (exact) mass is 360 g/mol. The molecular weight excluding hydrogens is 336 g/mol. The molecule has 0 aliphatic carbocycles. The standard InChI is InChI=1S/C17H24N6O3/c1-13-20-16(26-21-13)12-22(2)17(24)19-11-15(14-4-3-5-18-10-14)23-6-8-25-9-7-23/h3-5,10,15H,6-9,11-12H2,1-2H3,(H,19,24). The lowest BCUT2D eigenvalue weighted by atomic mass is 10.1. The first-order chi connectivity index (χ1) is 12.6. The van der Waals surface area contributed by atoms with Crippen molar-refractivity contribution >= 4 is 6.03 Å². The zero-order valence-electron chi connectivity index (χ0n) is 15.1. The van der Waals surface area contributed by atoms with E-state index in [2.05, 4.69) is 25.3 Å². The number of urea groups is 1. The molecule has 0 saturated carbocycles. The van der Waals surface area contributed by atoms with E-state index in [1.54, 1.807) is 20.2 Å². The van der Waals surface area contributed by atoms with Gasteiger partial charge in [0.05, 0.1) is 19.3 Å². The average Bonchev–Trinajstić information content (AvgIpc) is 3.08. The molecule has 3 rings (SSSR count). The number of aromatic nitrogens is 3. The van der Waals surface area contributed by atoms with Crippen molar-refractivity contribution in [2.24, 2.45) is 0 Å². The second-order valence-corrected chi connectivity index (χ2v) is 6.23. The fourth-order valence-corrected chi connectivity index (χ4v) is 2.92. The van der Waals surface area contributed by atoms with Crippen molar-refractivity contribution in [3.05, 3.63) is 41.8 Å². The Bertz CT molecular complexity index is 702. The van der Waals surface area contributed by atoms with Crippen LogP contribution in [0.5, 0.6) is 0 Å². The molecule has 0 spiro atoms. The number of carbonyl (C=O) groups is 1. The normalized spacial score (nSPS) is 16.2. The number of hydrogen-bond donors (Lipinski definition) is 1. The lowest BCUT2D eigenvalue weighted by Gasteiger charge is -2.35. The Balaban J connectivity index is 1.60. The molecule has 1 aliphatic heterocycles. The van der Waals surface area contributed by atoms with Crippen molar-refractivity contribution in [2.75, 3.05) is 39.9 Å². The minimum Gasteiger partial charge on any atom is -0.379 e. The molecule has 9 nitrogen and oxygen atoms in total. The van der Waals surface area contributed by atoms with Crippen molar-refractivity contribution in [1.82, 2.24) is 30.2 Å². The Morgan fingerprint density at radius 3 is 2.88 bits per heavy atom. The Kier molecular flexibility index (Phi) is 6.13. The highest BCUT2D eigenvalue weighted by molar-refractivity contribution is 5.73. The van der Waals surface area contributed by atoms with Crippen molar-refractivity contribution in [2.45, 2.75) is 19.5 Å². The molecule has 1 atom stereocenters. The highest BCUT2D eigenvalue weighted by Gasteiger charge is 2.24. The predicted octanol–water partition coefficient (Wildman–Crippen LogP) is 0.988. The Morgan fingerprint density at radius 1 is 1.42 bits per heavy atom. The smallest absolute Gasteiger partial charge is 0.317 e. The summed E-state index contributed by atoms with van der Waals surface area (Å²) in [6.07, 6.45) is 3.59. The van der Waals surface area contributed by atoms with Crippen LogP contribution in [0.1, 0.15) is 23.3 Å². The van der Waals surface area contributed by atoms with Crippen molar-refractivity contribution in [3.8, 4) is 0 Å². The fourth-order valence-electron chi connectivity index (χ4n) is 2.92. The SMILES string of the molecule is Cc1noc(CN(C)C(=O)NCC(c2cccnc2)N2CCOCC2)n1. The lowest BCUT2D eigenvalue weighted by Crippen LogP contribution is -2.46. The number of nitrogens with one attached hydrogen (secondary N) is 1. The van der Waals surface area contributed by atoms with E-state index in [1.807, 2.05) is 18.3 Å². The summed E-state index contributed by atoms with van der Waals surface area (Å²) in [5.41, 5.74) is 1.07. The van der Waals surface area contributed by atoms with Gasteiger partial charge in [0.25, 0.3) is 0 Å². The van der Waals surface area contributed by atoms with Crippen LogP contribution in [0.2, 0.25) is 0 Å². The van der Waals surface area contributed by atoms with Gasteiger partial charge in [-0.2, -0.15) is 4.98 Å². The average molecular weight is 360 g/mol. The molecule has 140 valence electrons. The number of nitrogens with zero attached hydrogens (tertiary/aromatic N) is 5. The summed E-state index contributed by atoms with van der Waals surface area (Å²) in [6.45, 7) is 5.54. The van der Waals surface area contributed by atoms with E-state index in [-0.39, 0.29) is 18.6 Å². The third kappa shape index (κ3) is 4.77. The number of hydrogen-bond acceptors (Lipinski definition) is 7. The van der Waals surface area contributed by atoms with Gasteiger partial charge in [-0.15, -0.1) is 0 Å². The quantitative estimate of drug-likeness (QED) is 0.820. The van der Waals surface area contributed by atoms with Gasteiger partial charge in [-0.05, 0) is 18.6 Å². The van der Waals surface area contributed by atoms with Gasteiger partial charge in [0.1, 0.15) is 6.54 Å². The van der Waals surface area contributed by atoms with Crippen molar-refractivity contribution in [3.63, 3.8) is 0 Å². The number of carbonyl (C=O) groups excluding carboxylic acids is 1. The second kappa shape index (κ2) is 8.72. The maximum Gasteiger partial charge on any atom is 0.317 e. The summed E-state index contributed by atoms with van der Waals surface area (Å²) >= 11 is 0. The molecule has 2 aromatic heterocycles. The summed E-state index contributed by atoms with van der Waals surface area (Å²) in [7, 11) is 1.70. The third-order valence-corrected chi connectivity index (χ3v) is 4.29. The Labute approximate surface area is 152 Å². The van der Waals surface area contributed by atoms with Crippen LogP contribution in [-0.2, 0) is 11.3 Å². The topological polar surface area (TPSA) is 96.6 Å².